The van der Waals surface area contributed by atoms with Crippen LogP contribution in [0.4, 0.5) is 13.2 Å². The van der Waals surface area contributed by atoms with Crippen molar-refractivity contribution in [1.82, 2.24) is 0 Å². The summed E-state index contributed by atoms with van der Waals surface area (Å²) in [7, 11) is 2.97. The molecule has 0 spiro atoms. The van der Waals surface area contributed by atoms with Gasteiger partial charge in [-0.3, -0.25) is 0 Å². The summed E-state index contributed by atoms with van der Waals surface area (Å²) in [6, 6.07) is 4.61. The third-order valence-corrected chi connectivity index (χ3v) is 2.81. The molecule has 6 heteroatoms. The molecule has 0 saturated carbocycles. The highest BCUT2D eigenvalue weighted by molar-refractivity contribution is 5.46. The van der Waals surface area contributed by atoms with Crippen LogP contribution in [0.25, 0.3) is 0 Å². The first-order valence-corrected chi connectivity index (χ1v) is 5.92. The molecule has 0 amide bonds. The lowest BCUT2D eigenvalue weighted by molar-refractivity contribution is -0.135. The Kier molecular flexibility index (Phi) is 5.47. The lowest BCUT2D eigenvalue weighted by Crippen LogP contribution is -2.15. The molecule has 0 heterocycles. The molecule has 19 heavy (non-hydrogen) atoms. The lowest BCUT2D eigenvalue weighted by Gasteiger charge is -2.19. The Labute approximate surface area is 110 Å². The quantitative estimate of drug-likeness (QED) is 0.866. The van der Waals surface area contributed by atoms with E-state index in [1.807, 2.05) is 0 Å². The number of hydrogen-bond acceptors (Lipinski definition) is 3. The minimum absolute atomic E-state index is 0.0220. The Hall–Kier alpha value is -1.43. The van der Waals surface area contributed by atoms with Gasteiger partial charge in [-0.25, -0.2) is 0 Å². The lowest BCUT2D eigenvalue weighted by atomic mass is 9.99. The number of benzene rings is 1. The van der Waals surface area contributed by atoms with E-state index in [0.29, 0.717) is 17.1 Å². The van der Waals surface area contributed by atoms with Gasteiger partial charge in [-0.1, -0.05) is 6.07 Å². The molecule has 1 aromatic carbocycles. The fourth-order valence-electron chi connectivity index (χ4n) is 1.91. The first-order chi connectivity index (χ1) is 8.89. The molecule has 0 aliphatic rings. The number of halogens is 3. The Bertz CT molecular complexity index is 385. The summed E-state index contributed by atoms with van der Waals surface area (Å²) in [5, 5.41) is 0. The van der Waals surface area contributed by atoms with Crippen molar-refractivity contribution in [2.75, 3.05) is 14.2 Å². The van der Waals surface area contributed by atoms with Gasteiger partial charge in [0.05, 0.1) is 19.8 Å². The van der Waals surface area contributed by atoms with E-state index in [4.69, 9.17) is 15.2 Å². The number of nitrogens with two attached hydrogens (primary N) is 1. The van der Waals surface area contributed by atoms with Gasteiger partial charge >= 0.3 is 6.18 Å². The molecular formula is C13H18F3NO2. The summed E-state index contributed by atoms with van der Waals surface area (Å²) in [6.07, 6.45) is -4.79. The van der Waals surface area contributed by atoms with Gasteiger partial charge in [0.25, 0.3) is 0 Å². The molecule has 0 radical (unpaired) electrons. The molecule has 0 aromatic heterocycles. The SMILES string of the molecule is COc1cccc(OC)c1C(N)CCCC(F)(F)F. The number of methoxy groups -OCH3 is 2. The summed E-state index contributed by atoms with van der Waals surface area (Å²) in [5.41, 5.74) is 6.56. The molecule has 0 fully saturated rings. The normalized spacial score (nSPS) is 13.2. The largest absolute Gasteiger partial charge is 0.496 e. The maximum Gasteiger partial charge on any atom is 0.389 e. The van der Waals surface area contributed by atoms with Crippen molar-refractivity contribution in [2.45, 2.75) is 31.5 Å². The van der Waals surface area contributed by atoms with Gasteiger partial charge in [0.15, 0.2) is 0 Å². The molecule has 1 atom stereocenters. The zero-order valence-corrected chi connectivity index (χ0v) is 11.0. The third kappa shape index (κ3) is 4.63. The fourth-order valence-corrected chi connectivity index (χ4v) is 1.91. The zero-order valence-electron chi connectivity index (χ0n) is 11.0. The number of ether oxygens (including phenoxy) is 2. The molecule has 1 rings (SSSR count). The molecular weight excluding hydrogens is 259 g/mol. The van der Waals surface area contributed by atoms with Crippen molar-refractivity contribution in [2.24, 2.45) is 5.73 Å². The molecule has 0 saturated heterocycles. The summed E-state index contributed by atoms with van der Waals surface area (Å²) in [5.74, 6) is 1.05. The first kappa shape index (κ1) is 15.6. The number of hydrogen-bond donors (Lipinski definition) is 1. The first-order valence-electron chi connectivity index (χ1n) is 5.92. The summed E-state index contributed by atoms with van der Waals surface area (Å²) < 4.78 is 46.7. The predicted octanol–water partition coefficient (Wildman–Crippen LogP) is 3.44. The second-order valence-corrected chi connectivity index (χ2v) is 4.19. The van der Waals surface area contributed by atoms with Crippen LogP contribution >= 0.6 is 0 Å². The second-order valence-electron chi connectivity index (χ2n) is 4.19. The van der Waals surface area contributed by atoms with Crippen LogP contribution in [-0.2, 0) is 0 Å². The highest BCUT2D eigenvalue weighted by atomic mass is 19.4. The molecule has 0 aliphatic carbocycles. The summed E-state index contributed by atoms with van der Waals surface area (Å²) in [6.45, 7) is 0. The number of rotatable bonds is 6. The van der Waals surface area contributed by atoms with Crippen molar-refractivity contribution in [3.63, 3.8) is 0 Å². The molecule has 1 aromatic rings. The molecule has 1 unspecified atom stereocenters. The van der Waals surface area contributed by atoms with E-state index in [1.165, 1.54) is 14.2 Å². The van der Waals surface area contributed by atoms with E-state index in [9.17, 15) is 13.2 Å². The van der Waals surface area contributed by atoms with Gasteiger partial charge in [0, 0.05) is 12.5 Å². The van der Waals surface area contributed by atoms with Crippen LogP contribution in [0, 0.1) is 0 Å². The van der Waals surface area contributed by atoms with Crippen LogP contribution in [0.1, 0.15) is 30.9 Å². The van der Waals surface area contributed by atoms with E-state index in [-0.39, 0.29) is 12.8 Å². The van der Waals surface area contributed by atoms with Crippen molar-refractivity contribution >= 4 is 0 Å². The van der Waals surface area contributed by atoms with Gasteiger partial charge in [0.2, 0.25) is 0 Å². The summed E-state index contributed by atoms with van der Waals surface area (Å²) in [4.78, 5) is 0. The summed E-state index contributed by atoms with van der Waals surface area (Å²) >= 11 is 0. The number of alkyl halides is 3. The van der Waals surface area contributed by atoms with Crippen LogP contribution in [-0.4, -0.2) is 20.4 Å². The molecule has 0 aliphatic heterocycles. The highest BCUT2D eigenvalue weighted by Gasteiger charge is 2.27. The highest BCUT2D eigenvalue weighted by Crippen LogP contribution is 2.35. The zero-order chi connectivity index (χ0) is 14.5. The van der Waals surface area contributed by atoms with E-state index < -0.39 is 18.6 Å². The van der Waals surface area contributed by atoms with Crippen LogP contribution in [0.3, 0.4) is 0 Å². The average Bonchev–Trinajstić information content (AvgIpc) is 2.35. The maximum atomic E-state index is 12.1. The Balaban J connectivity index is 2.78. The molecule has 3 nitrogen and oxygen atoms in total. The fraction of sp³-hybridized carbons (Fsp3) is 0.538. The Morgan fingerprint density at radius 2 is 1.68 bits per heavy atom. The standard InChI is InChI=1S/C13H18F3NO2/c1-18-10-6-3-7-11(19-2)12(10)9(17)5-4-8-13(14,15)16/h3,6-7,9H,4-5,8,17H2,1-2H3. The van der Waals surface area contributed by atoms with E-state index in [1.54, 1.807) is 18.2 Å². The predicted molar refractivity (Wildman–Crippen MR) is 66.4 cm³/mol. The van der Waals surface area contributed by atoms with Crippen molar-refractivity contribution in [3.05, 3.63) is 23.8 Å². The topological polar surface area (TPSA) is 44.5 Å². The second kappa shape index (κ2) is 6.65. The average molecular weight is 277 g/mol. The van der Waals surface area contributed by atoms with E-state index in [2.05, 4.69) is 0 Å². The third-order valence-electron chi connectivity index (χ3n) is 2.81. The minimum atomic E-state index is -4.15. The Morgan fingerprint density at radius 1 is 1.16 bits per heavy atom. The monoisotopic (exact) mass is 277 g/mol. The van der Waals surface area contributed by atoms with Crippen molar-refractivity contribution < 1.29 is 22.6 Å². The molecule has 108 valence electrons. The Morgan fingerprint density at radius 3 is 2.11 bits per heavy atom. The van der Waals surface area contributed by atoms with Gasteiger partial charge in [0.1, 0.15) is 11.5 Å². The van der Waals surface area contributed by atoms with Crippen LogP contribution in [0.15, 0.2) is 18.2 Å². The van der Waals surface area contributed by atoms with Gasteiger partial charge in [-0.15, -0.1) is 0 Å². The van der Waals surface area contributed by atoms with Crippen LogP contribution in [0.2, 0.25) is 0 Å². The van der Waals surface area contributed by atoms with Crippen LogP contribution in [0.5, 0.6) is 11.5 Å². The molecule has 0 bridgehead atoms. The smallest absolute Gasteiger partial charge is 0.389 e. The minimum Gasteiger partial charge on any atom is -0.496 e. The molecule has 2 N–H and O–H groups in total. The van der Waals surface area contributed by atoms with E-state index >= 15 is 0 Å². The van der Waals surface area contributed by atoms with Gasteiger partial charge in [-0.05, 0) is 25.0 Å². The van der Waals surface area contributed by atoms with Crippen molar-refractivity contribution in [3.8, 4) is 11.5 Å². The van der Waals surface area contributed by atoms with Gasteiger partial charge in [-0.2, -0.15) is 13.2 Å². The van der Waals surface area contributed by atoms with E-state index in [0.717, 1.165) is 0 Å². The van der Waals surface area contributed by atoms with Crippen LogP contribution < -0.4 is 15.2 Å². The van der Waals surface area contributed by atoms with Crippen molar-refractivity contribution in [1.29, 1.82) is 0 Å². The maximum absolute atomic E-state index is 12.1. The van der Waals surface area contributed by atoms with Gasteiger partial charge < -0.3 is 15.2 Å².